The first-order valence-electron chi connectivity index (χ1n) is 6.33. The Labute approximate surface area is 124 Å². The van der Waals surface area contributed by atoms with Gasteiger partial charge in [0.05, 0.1) is 5.69 Å². The number of hydrogen-bond donors (Lipinski definition) is 2. The molecule has 1 unspecified atom stereocenters. The molecule has 0 aromatic heterocycles. The molecule has 0 spiro atoms. The van der Waals surface area contributed by atoms with Gasteiger partial charge in [0.2, 0.25) is 0 Å². The second-order valence-electron chi connectivity index (χ2n) is 4.49. The maximum atomic E-state index is 12.5. The minimum Gasteiger partial charge on any atom is -0.480 e. The van der Waals surface area contributed by atoms with E-state index in [9.17, 15) is 18.4 Å². The van der Waals surface area contributed by atoms with Crippen LogP contribution in [0.15, 0.2) is 29.2 Å². The fourth-order valence-electron chi connectivity index (χ4n) is 2.22. The average molecular weight is 316 g/mol. The maximum absolute atomic E-state index is 12.5. The number of amides is 2. The largest absolute Gasteiger partial charge is 0.480 e. The van der Waals surface area contributed by atoms with Crippen LogP contribution in [-0.4, -0.2) is 40.4 Å². The minimum atomic E-state index is -2.60. The van der Waals surface area contributed by atoms with Crippen LogP contribution in [0.3, 0.4) is 0 Å². The first-order valence-corrected chi connectivity index (χ1v) is 7.21. The van der Waals surface area contributed by atoms with E-state index in [4.69, 9.17) is 5.11 Å². The molecule has 8 heteroatoms. The number of nitrogens with zero attached hydrogens (tertiary/aromatic N) is 1. The number of carboxylic acid groups (broad SMARTS) is 1. The average Bonchev–Trinajstić information content (AvgIpc) is 2.90. The number of rotatable bonds is 4. The second kappa shape index (κ2) is 6.75. The van der Waals surface area contributed by atoms with Crippen molar-refractivity contribution in [1.29, 1.82) is 0 Å². The quantitative estimate of drug-likeness (QED) is 0.838. The third kappa shape index (κ3) is 3.84. The first-order chi connectivity index (χ1) is 9.99. The molecule has 1 aromatic carbocycles. The van der Waals surface area contributed by atoms with Gasteiger partial charge in [0.25, 0.3) is 5.76 Å². The van der Waals surface area contributed by atoms with Gasteiger partial charge < -0.3 is 15.3 Å². The zero-order valence-electron chi connectivity index (χ0n) is 11.0. The van der Waals surface area contributed by atoms with Crippen LogP contribution < -0.4 is 5.32 Å². The highest BCUT2D eigenvalue weighted by molar-refractivity contribution is 7.99. The molecule has 1 saturated heterocycles. The zero-order valence-corrected chi connectivity index (χ0v) is 11.8. The van der Waals surface area contributed by atoms with Gasteiger partial charge in [-0.05, 0) is 25.0 Å². The van der Waals surface area contributed by atoms with Gasteiger partial charge in [-0.2, -0.15) is 8.78 Å². The number of benzene rings is 1. The topological polar surface area (TPSA) is 69.6 Å². The Hall–Kier alpha value is -1.83. The maximum Gasteiger partial charge on any atom is 0.326 e. The van der Waals surface area contributed by atoms with Gasteiger partial charge in [-0.25, -0.2) is 9.59 Å². The molecule has 0 aliphatic carbocycles. The summed E-state index contributed by atoms with van der Waals surface area (Å²) in [7, 11) is 0. The Morgan fingerprint density at radius 3 is 2.76 bits per heavy atom. The molecule has 114 valence electrons. The molecule has 2 amide bonds. The number of para-hydroxylation sites is 1. The third-order valence-corrected chi connectivity index (χ3v) is 3.93. The summed E-state index contributed by atoms with van der Waals surface area (Å²) in [5, 5.41) is 11.6. The number of likely N-dealkylation sites (tertiary alicyclic amines) is 1. The van der Waals surface area contributed by atoms with Gasteiger partial charge in [0.15, 0.2) is 0 Å². The van der Waals surface area contributed by atoms with Crippen molar-refractivity contribution in [3.8, 4) is 0 Å². The summed E-state index contributed by atoms with van der Waals surface area (Å²) in [6.07, 6.45) is 1.01. The van der Waals surface area contributed by atoms with Crippen LogP contribution in [-0.2, 0) is 4.79 Å². The van der Waals surface area contributed by atoms with Crippen LogP contribution in [0.1, 0.15) is 12.8 Å². The highest BCUT2D eigenvalue weighted by Gasteiger charge is 2.34. The van der Waals surface area contributed by atoms with E-state index in [1.54, 1.807) is 12.1 Å². The van der Waals surface area contributed by atoms with Crippen molar-refractivity contribution in [3.05, 3.63) is 24.3 Å². The van der Waals surface area contributed by atoms with Crippen LogP contribution in [0.2, 0.25) is 0 Å². The molecule has 0 radical (unpaired) electrons. The van der Waals surface area contributed by atoms with E-state index in [0.29, 0.717) is 31.1 Å². The van der Waals surface area contributed by atoms with Crippen molar-refractivity contribution in [1.82, 2.24) is 4.90 Å². The molecule has 1 fully saturated rings. The van der Waals surface area contributed by atoms with Crippen molar-refractivity contribution in [3.63, 3.8) is 0 Å². The SMILES string of the molecule is O=C(O)C1CCCN1C(=O)Nc1ccccc1SC(F)F. The van der Waals surface area contributed by atoms with Crippen LogP contribution in [0.25, 0.3) is 0 Å². The lowest BCUT2D eigenvalue weighted by Gasteiger charge is -2.22. The van der Waals surface area contributed by atoms with E-state index in [2.05, 4.69) is 5.32 Å². The normalized spacial score (nSPS) is 18.0. The predicted molar refractivity (Wildman–Crippen MR) is 74.7 cm³/mol. The molecule has 2 N–H and O–H groups in total. The monoisotopic (exact) mass is 316 g/mol. The number of hydrogen-bond acceptors (Lipinski definition) is 3. The Bertz CT molecular complexity index is 542. The molecule has 0 saturated carbocycles. The predicted octanol–water partition coefficient (Wildman–Crippen LogP) is 3.08. The summed E-state index contributed by atoms with van der Waals surface area (Å²) in [6, 6.07) is 4.75. The molecular weight excluding hydrogens is 302 g/mol. The number of halogens is 2. The van der Waals surface area contributed by atoms with E-state index in [-0.39, 0.29) is 10.6 Å². The summed E-state index contributed by atoms with van der Waals surface area (Å²) in [6.45, 7) is 0.340. The fourth-order valence-corrected chi connectivity index (χ4v) is 2.82. The lowest BCUT2D eigenvalue weighted by Crippen LogP contribution is -2.42. The molecule has 1 atom stereocenters. The van der Waals surface area contributed by atoms with E-state index in [1.807, 2.05) is 0 Å². The molecule has 5 nitrogen and oxygen atoms in total. The Kier molecular flexibility index (Phi) is 5.00. The summed E-state index contributed by atoms with van der Waals surface area (Å²) < 4.78 is 24.9. The van der Waals surface area contributed by atoms with Crippen molar-refractivity contribution >= 4 is 29.4 Å². The Balaban J connectivity index is 2.11. The summed E-state index contributed by atoms with van der Waals surface area (Å²) in [5.74, 6) is -3.65. The van der Waals surface area contributed by atoms with E-state index in [1.165, 1.54) is 17.0 Å². The van der Waals surface area contributed by atoms with Crippen molar-refractivity contribution < 1.29 is 23.5 Å². The van der Waals surface area contributed by atoms with Crippen LogP contribution in [0.5, 0.6) is 0 Å². The number of aliphatic carboxylic acids is 1. The summed E-state index contributed by atoms with van der Waals surface area (Å²) in [4.78, 5) is 24.6. The molecular formula is C13H14F2N2O3S. The van der Waals surface area contributed by atoms with Crippen molar-refractivity contribution in [2.75, 3.05) is 11.9 Å². The fraction of sp³-hybridized carbons (Fsp3) is 0.385. The number of alkyl halides is 2. The standard InChI is InChI=1S/C13H14F2N2O3S/c14-12(15)21-10-6-2-1-4-8(10)16-13(20)17-7-3-5-9(17)11(18)19/h1-2,4,6,9,12H,3,5,7H2,(H,16,20)(H,18,19). The smallest absolute Gasteiger partial charge is 0.326 e. The second-order valence-corrected chi connectivity index (χ2v) is 5.53. The molecule has 21 heavy (non-hydrogen) atoms. The Morgan fingerprint density at radius 1 is 1.38 bits per heavy atom. The lowest BCUT2D eigenvalue weighted by atomic mass is 10.2. The van der Waals surface area contributed by atoms with Crippen LogP contribution in [0.4, 0.5) is 19.3 Å². The highest BCUT2D eigenvalue weighted by atomic mass is 32.2. The van der Waals surface area contributed by atoms with E-state index >= 15 is 0 Å². The minimum absolute atomic E-state index is 0.243. The number of urea groups is 1. The zero-order chi connectivity index (χ0) is 15.4. The van der Waals surface area contributed by atoms with Gasteiger partial charge in [0.1, 0.15) is 6.04 Å². The number of nitrogens with one attached hydrogen (secondary N) is 1. The lowest BCUT2D eigenvalue weighted by molar-refractivity contribution is -0.141. The van der Waals surface area contributed by atoms with E-state index < -0.39 is 23.8 Å². The Morgan fingerprint density at radius 2 is 2.10 bits per heavy atom. The number of thioether (sulfide) groups is 1. The van der Waals surface area contributed by atoms with Crippen LogP contribution >= 0.6 is 11.8 Å². The van der Waals surface area contributed by atoms with Gasteiger partial charge in [-0.15, -0.1) is 0 Å². The number of carboxylic acids is 1. The van der Waals surface area contributed by atoms with Crippen LogP contribution in [0, 0.1) is 0 Å². The van der Waals surface area contributed by atoms with Gasteiger partial charge >= 0.3 is 12.0 Å². The first kappa shape index (κ1) is 15.6. The summed E-state index contributed by atoms with van der Waals surface area (Å²) in [5.41, 5.74) is 0.254. The van der Waals surface area contributed by atoms with Gasteiger partial charge in [0, 0.05) is 11.4 Å². The third-order valence-electron chi connectivity index (χ3n) is 3.14. The summed E-state index contributed by atoms with van der Waals surface area (Å²) >= 11 is 0.334. The van der Waals surface area contributed by atoms with Crippen molar-refractivity contribution in [2.24, 2.45) is 0 Å². The van der Waals surface area contributed by atoms with Gasteiger partial charge in [-0.3, -0.25) is 0 Å². The molecule has 1 heterocycles. The number of carbonyl (C=O) groups excluding carboxylic acids is 1. The number of carbonyl (C=O) groups is 2. The molecule has 2 rings (SSSR count). The highest BCUT2D eigenvalue weighted by Crippen LogP contribution is 2.32. The molecule has 0 bridgehead atoms. The molecule has 1 aliphatic heterocycles. The number of anilines is 1. The molecule has 1 aliphatic rings. The van der Waals surface area contributed by atoms with Gasteiger partial charge in [-0.1, -0.05) is 23.9 Å². The van der Waals surface area contributed by atoms with E-state index in [0.717, 1.165) is 0 Å². The molecule has 1 aromatic rings. The van der Waals surface area contributed by atoms with Crippen molar-refractivity contribution in [2.45, 2.75) is 29.5 Å².